The summed E-state index contributed by atoms with van der Waals surface area (Å²) in [7, 11) is 3.92. The third-order valence-electron chi connectivity index (χ3n) is 20.3. The zero-order valence-corrected chi connectivity index (χ0v) is 60.0. The molecule has 8 aliphatic carbocycles. The number of ketones is 1. The highest BCUT2D eigenvalue weighted by Crippen LogP contribution is 2.60. The van der Waals surface area contributed by atoms with E-state index in [0.29, 0.717) is 51.4 Å². The zero-order valence-electron chi connectivity index (χ0n) is 56.8. The maximum absolute atomic E-state index is 13.2. The largest absolute Gasteiger partial charge is 0.465 e. The average Bonchev–Trinajstić information content (AvgIpc) is 0.742. The number of methoxy groups -OCH3 is 2. The molecule has 8 fully saturated rings. The van der Waals surface area contributed by atoms with E-state index in [1.165, 1.54) is 24.5 Å². The van der Waals surface area contributed by atoms with E-state index in [2.05, 4.69) is 123 Å². The molecule has 9 nitrogen and oxygen atoms in total. The van der Waals surface area contributed by atoms with Gasteiger partial charge in [0.25, 0.3) is 11.8 Å². The van der Waals surface area contributed by atoms with Crippen molar-refractivity contribution >= 4 is 63.0 Å². The SMILES string of the molecule is CC(F)(F)C(F)CCOC(=O)C1C2CC3CC1CC(O)(C3)C2.CC(F)(F)C(F)CCOC(=O)C1C2CC3CC1CC(O)(C3)C2.CC[S+](C)c1ccc(C(=O)c2ccc(Sc3ccccc3)cc2)cc1.CC[S+](C)c1ccc(C(OC)(OC)c2ccc(Sc3ccccc3)cc2)cc1. The number of hydrogen-bond donors (Lipinski definition) is 2. The van der Waals surface area contributed by atoms with Crippen LogP contribution in [0.2, 0.25) is 0 Å². The van der Waals surface area contributed by atoms with Crippen molar-refractivity contribution in [3.63, 3.8) is 0 Å². The standard InChI is InChI=1S/C24H27O2S2.C22H21OS2.2C16H23F3O3/c1-5-28(4)23-17-13-20(14-18-23)24(25-2,26-3)19-11-15-22(16-12-19)27-21-9-7-6-8-10-21;1-3-25(2)21-15-11-18(12-16-21)22(23)17-9-13-20(14-10-17)24-19-7-5-4-6-8-19;2*1-15(18,19)12(17)2-3-22-14(20)13-10-4-9-5-11(13)8-16(21,6-9)7-10/h6-18H,5H2,1-4H3;4-16H,3H2,1-2H3;2*9-13,21H,2-8H2,1H3/q2*+1;;. The van der Waals surface area contributed by atoms with Crippen LogP contribution in [-0.4, -0.2) is 115 Å². The molecule has 0 saturated heterocycles. The van der Waals surface area contributed by atoms with Crippen LogP contribution >= 0.6 is 23.5 Å². The number of rotatable bonds is 24. The summed E-state index contributed by atoms with van der Waals surface area (Å²) in [5, 5.41) is 20.9. The molecule has 6 aromatic rings. The zero-order chi connectivity index (χ0) is 69.9. The summed E-state index contributed by atoms with van der Waals surface area (Å²) >= 11 is 3.45. The fraction of sp³-hybridized carbons (Fsp3) is 0.500. The summed E-state index contributed by atoms with van der Waals surface area (Å²) in [6.07, 6.45) is 6.83. The number of esters is 2. The topological polar surface area (TPSA) is 129 Å². The van der Waals surface area contributed by atoms with Crippen LogP contribution in [0.15, 0.2) is 187 Å². The minimum Gasteiger partial charge on any atom is -0.465 e. The van der Waals surface area contributed by atoms with Crippen molar-refractivity contribution in [2.45, 2.75) is 175 Å². The van der Waals surface area contributed by atoms with Gasteiger partial charge in [-0.25, -0.2) is 26.3 Å². The Kier molecular flexibility index (Phi) is 26.2. The number of carbonyl (C=O) groups excluding carboxylic acids is 3. The van der Waals surface area contributed by atoms with Crippen LogP contribution in [0.25, 0.3) is 0 Å². The Morgan fingerprint density at radius 2 is 0.804 bits per heavy atom. The Labute approximate surface area is 583 Å². The lowest BCUT2D eigenvalue weighted by Crippen LogP contribution is -2.56. The molecular weight excluding hydrogens is 1320 g/mol. The van der Waals surface area contributed by atoms with E-state index in [0.717, 1.165) is 77.2 Å². The number of ether oxygens (including phenoxy) is 4. The fourth-order valence-electron chi connectivity index (χ4n) is 15.6. The van der Waals surface area contributed by atoms with Crippen molar-refractivity contribution < 1.29 is 69.9 Å². The third kappa shape index (κ3) is 19.6. The second-order valence-electron chi connectivity index (χ2n) is 27.3. The van der Waals surface area contributed by atoms with E-state index >= 15 is 0 Å². The van der Waals surface area contributed by atoms with Crippen molar-refractivity contribution in [3.8, 4) is 0 Å². The highest BCUT2D eigenvalue weighted by Gasteiger charge is 2.58. The normalized spacial score (nSPS) is 25.6. The summed E-state index contributed by atoms with van der Waals surface area (Å²) in [5.41, 5.74) is 2.21. The van der Waals surface area contributed by atoms with Crippen molar-refractivity contribution in [1.82, 2.24) is 0 Å². The molecule has 2 N–H and O–H groups in total. The average molecular weight is 1420 g/mol. The smallest absolute Gasteiger partial charge is 0.309 e. The maximum Gasteiger partial charge on any atom is 0.309 e. The van der Waals surface area contributed by atoms with E-state index < -0.39 is 66.0 Å². The minimum atomic E-state index is -3.40. The first kappa shape index (κ1) is 75.9. The molecule has 0 heterocycles. The summed E-state index contributed by atoms with van der Waals surface area (Å²) in [6.45, 7) is 4.84. The van der Waals surface area contributed by atoms with Crippen molar-refractivity contribution in [2.24, 2.45) is 47.3 Å². The van der Waals surface area contributed by atoms with Gasteiger partial charge in [0, 0.05) is 105 Å². The number of halogens is 6. The summed E-state index contributed by atoms with van der Waals surface area (Å²) in [5.74, 6) is -5.19. The molecule has 0 radical (unpaired) electrons. The van der Waals surface area contributed by atoms with Gasteiger partial charge in [0.2, 0.25) is 5.79 Å². The second-order valence-corrected chi connectivity index (χ2v) is 34.3. The first-order valence-corrected chi connectivity index (χ1v) is 39.0. The lowest BCUT2D eigenvalue weighted by atomic mass is 9.50. The molecule has 8 unspecified atom stereocenters. The third-order valence-corrected chi connectivity index (χ3v) is 26.2. The Bertz CT molecular complexity index is 3370. The van der Waals surface area contributed by atoms with E-state index in [-0.39, 0.29) is 76.3 Å². The molecule has 0 spiro atoms. The summed E-state index contributed by atoms with van der Waals surface area (Å²) in [6, 6.07) is 53.6. The van der Waals surface area contributed by atoms with Gasteiger partial charge in [-0.15, -0.1) is 0 Å². The van der Waals surface area contributed by atoms with Gasteiger partial charge in [-0.05, 0) is 223 Å². The molecular formula is C78H94F6O9S4+2. The maximum atomic E-state index is 13.2. The van der Waals surface area contributed by atoms with Gasteiger partial charge in [-0.2, -0.15) is 0 Å². The predicted molar refractivity (Wildman–Crippen MR) is 375 cm³/mol. The number of benzene rings is 6. The number of hydrogen-bond acceptors (Lipinski definition) is 11. The first-order valence-electron chi connectivity index (χ1n) is 33.7. The lowest BCUT2D eigenvalue weighted by molar-refractivity contribution is -0.184. The lowest BCUT2D eigenvalue weighted by Gasteiger charge is -2.57. The summed E-state index contributed by atoms with van der Waals surface area (Å²) in [4.78, 5) is 44.6. The monoisotopic (exact) mass is 1420 g/mol. The van der Waals surface area contributed by atoms with Crippen LogP contribution in [0, 0.1) is 47.3 Å². The molecule has 0 amide bonds. The molecule has 8 saturated carbocycles. The Morgan fingerprint density at radius 3 is 1.12 bits per heavy atom. The van der Waals surface area contributed by atoms with Gasteiger partial charge in [0.05, 0.1) is 36.3 Å². The Morgan fingerprint density at radius 1 is 0.495 bits per heavy atom. The number of aliphatic hydroxyl groups is 2. The molecule has 8 bridgehead atoms. The molecule has 97 heavy (non-hydrogen) atoms. The Hall–Kier alpha value is -5.25. The van der Waals surface area contributed by atoms with Gasteiger partial charge < -0.3 is 29.2 Å². The van der Waals surface area contributed by atoms with Crippen LogP contribution < -0.4 is 0 Å². The van der Waals surface area contributed by atoms with Crippen molar-refractivity contribution in [2.75, 3.05) is 51.5 Å². The number of alkyl halides is 6. The summed E-state index contributed by atoms with van der Waals surface area (Å²) < 4.78 is 99.2. The van der Waals surface area contributed by atoms with Crippen LogP contribution in [0.4, 0.5) is 26.3 Å². The second kappa shape index (κ2) is 33.5. The van der Waals surface area contributed by atoms with Crippen LogP contribution in [0.1, 0.15) is 132 Å². The molecule has 6 aromatic carbocycles. The van der Waals surface area contributed by atoms with Gasteiger partial charge in [0.15, 0.2) is 27.9 Å². The molecule has 19 heteroatoms. The molecule has 8 aliphatic rings. The van der Waals surface area contributed by atoms with Crippen LogP contribution in [-0.2, 0) is 56.1 Å². The fourth-order valence-corrected chi connectivity index (χ4v) is 19.1. The van der Waals surface area contributed by atoms with Gasteiger partial charge in [-0.3, -0.25) is 14.4 Å². The number of carbonyl (C=O) groups is 3. The van der Waals surface area contributed by atoms with Crippen molar-refractivity contribution in [1.29, 1.82) is 0 Å². The van der Waals surface area contributed by atoms with Crippen molar-refractivity contribution in [3.05, 3.63) is 180 Å². The highest BCUT2D eigenvalue weighted by atomic mass is 32.2. The molecule has 0 aromatic heterocycles. The van der Waals surface area contributed by atoms with Gasteiger partial charge in [-0.1, -0.05) is 72.1 Å². The van der Waals surface area contributed by atoms with Crippen LogP contribution in [0.5, 0.6) is 0 Å². The molecule has 524 valence electrons. The van der Waals surface area contributed by atoms with Gasteiger partial charge in [0.1, 0.15) is 24.0 Å². The molecule has 14 rings (SSSR count). The molecule has 0 aliphatic heterocycles. The molecule has 8 atom stereocenters. The van der Waals surface area contributed by atoms with E-state index in [1.807, 2.05) is 60.7 Å². The van der Waals surface area contributed by atoms with E-state index in [1.54, 1.807) is 37.7 Å². The predicted octanol–water partition coefficient (Wildman–Crippen LogP) is 17.9. The quantitative estimate of drug-likeness (QED) is 0.0198. The van der Waals surface area contributed by atoms with E-state index in [4.69, 9.17) is 18.9 Å². The minimum absolute atomic E-state index is 0.0790. The first-order chi connectivity index (χ1) is 46.1. The van der Waals surface area contributed by atoms with E-state index in [9.17, 15) is 50.9 Å². The van der Waals surface area contributed by atoms with Gasteiger partial charge >= 0.3 is 11.9 Å². The highest BCUT2D eigenvalue weighted by molar-refractivity contribution is 7.99. The van der Waals surface area contributed by atoms with Crippen LogP contribution in [0.3, 0.4) is 0 Å². The Balaban J connectivity index is 0.000000152.